The molecule has 6 nitrogen and oxygen atoms in total. The van der Waals surface area contributed by atoms with Gasteiger partial charge >= 0.3 is 0 Å². The van der Waals surface area contributed by atoms with Gasteiger partial charge in [0.25, 0.3) is 10.0 Å². The number of nitrogens with one attached hydrogen (secondary N) is 1. The number of ether oxygens (including phenoxy) is 1. The number of hydrogen-bond acceptors (Lipinski definition) is 4. The zero-order valence-corrected chi connectivity index (χ0v) is 16.8. The highest BCUT2D eigenvalue weighted by Gasteiger charge is 2.37. The van der Waals surface area contributed by atoms with Crippen molar-refractivity contribution in [3.63, 3.8) is 0 Å². The first-order valence-corrected chi connectivity index (χ1v) is 11.0. The van der Waals surface area contributed by atoms with Crippen LogP contribution in [-0.4, -0.2) is 27.5 Å². The molecule has 1 heterocycles. The van der Waals surface area contributed by atoms with Crippen LogP contribution in [0.3, 0.4) is 0 Å². The Bertz CT molecular complexity index is 998. The van der Waals surface area contributed by atoms with Crippen molar-refractivity contribution < 1.29 is 17.9 Å². The minimum absolute atomic E-state index is 0.0515. The number of carbonyl (C=O) groups excluding carboxylic acids is 1. The van der Waals surface area contributed by atoms with Crippen molar-refractivity contribution in [1.29, 1.82) is 0 Å². The lowest BCUT2D eigenvalue weighted by atomic mass is 9.84. The predicted molar refractivity (Wildman–Crippen MR) is 108 cm³/mol. The molecule has 2 aromatic carbocycles. The van der Waals surface area contributed by atoms with E-state index in [4.69, 9.17) is 4.74 Å². The molecule has 1 aliphatic carbocycles. The van der Waals surface area contributed by atoms with Crippen LogP contribution in [0.4, 0.5) is 11.4 Å². The number of sulfonamides is 1. The average molecular weight is 401 g/mol. The third-order valence-corrected chi connectivity index (χ3v) is 6.99. The van der Waals surface area contributed by atoms with Gasteiger partial charge in [0.2, 0.25) is 5.91 Å². The van der Waals surface area contributed by atoms with Gasteiger partial charge in [0.15, 0.2) is 0 Å². The molecule has 0 saturated heterocycles. The van der Waals surface area contributed by atoms with E-state index in [-0.39, 0.29) is 22.8 Å². The zero-order chi connectivity index (χ0) is 19.9. The third-order valence-electron chi connectivity index (χ3n) is 5.61. The van der Waals surface area contributed by atoms with Crippen LogP contribution in [0.25, 0.3) is 0 Å². The van der Waals surface area contributed by atoms with Gasteiger partial charge in [-0.05, 0) is 74.2 Å². The van der Waals surface area contributed by atoms with Gasteiger partial charge in [-0.1, -0.05) is 6.42 Å². The molecule has 148 valence electrons. The Labute approximate surface area is 165 Å². The fourth-order valence-electron chi connectivity index (χ4n) is 3.84. The summed E-state index contributed by atoms with van der Waals surface area (Å²) in [5.41, 5.74) is 2.21. The summed E-state index contributed by atoms with van der Waals surface area (Å²) in [7, 11) is -2.15. The molecule has 0 aromatic heterocycles. The fraction of sp³-hybridized carbons (Fsp3) is 0.381. The fourth-order valence-corrected chi connectivity index (χ4v) is 4.94. The van der Waals surface area contributed by atoms with Crippen molar-refractivity contribution in [2.24, 2.45) is 5.92 Å². The van der Waals surface area contributed by atoms with Gasteiger partial charge < -0.3 is 9.64 Å². The van der Waals surface area contributed by atoms with Gasteiger partial charge in [0.05, 0.1) is 12.0 Å². The lowest BCUT2D eigenvalue weighted by Gasteiger charge is -2.32. The van der Waals surface area contributed by atoms with Crippen LogP contribution < -0.4 is 14.4 Å². The second kappa shape index (κ2) is 7.13. The van der Waals surface area contributed by atoms with Crippen molar-refractivity contribution in [1.82, 2.24) is 0 Å². The average Bonchev–Trinajstić information content (AvgIpc) is 2.95. The van der Waals surface area contributed by atoms with Crippen LogP contribution >= 0.6 is 0 Å². The number of fused-ring (bicyclic) bond motifs is 1. The molecule has 0 radical (unpaired) electrons. The monoisotopic (exact) mass is 400 g/mol. The van der Waals surface area contributed by atoms with E-state index in [0.29, 0.717) is 17.9 Å². The number of carbonyl (C=O) groups is 1. The van der Waals surface area contributed by atoms with Crippen molar-refractivity contribution in [3.8, 4) is 5.75 Å². The molecule has 1 amide bonds. The lowest BCUT2D eigenvalue weighted by Crippen LogP contribution is -2.42. The maximum absolute atomic E-state index is 12.8. The minimum atomic E-state index is -3.71. The van der Waals surface area contributed by atoms with E-state index in [1.165, 1.54) is 0 Å². The first-order valence-electron chi connectivity index (χ1n) is 9.52. The molecule has 2 aromatic rings. The summed E-state index contributed by atoms with van der Waals surface area (Å²) in [4.78, 5) is 14.8. The highest BCUT2D eigenvalue weighted by Crippen LogP contribution is 2.38. The molecule has 1 fully saturated rings. The van der Waals surface area contributed by atoms with Gasteiger partial charge in [0.1, 0.15) is 5.75 Å². The van der Waals surface area contributed by atoms with E-state index in [1.807, 2.05) is 11.8 Å². The van der Waals surface area contributed by atoms with E-state index in [2.05, 4.69) is 4.72 Å². The maximum Gasteiger partial charge on any atom is 0.261 e. The van der Waals surface area contributed by atoms with E-state index in [9.17, 15) is 13.2 Å². The summed E-state index contributed by atoms with van der Waals surface area (Å²) in [6.45, 7) is 2.01. The Morgan fingerprint density at radius 2 is 1.86 bits per heavy atom. The minimum Gasteiger partial charge on any atom is -0.497 e. The number of nitrogens with zero attached hydrogens (tertiary/aromatic N) is 1. The molecule has 28 heavy (non-hydrogen) atoms. The summed E-state index contributed by atoms with van der Waals surface area (Å²) in [5.74, 6) is 0.948. The molecule has 2 aliphatic rings. The van der Waals surface area contributed by atoms with Crippen molar-refractivity contribution in [3.05, 3.63) is 48.0 Å². The van der Waals surface area contributed by atoms with Crippen LogP contribution in [0.15, 0.2) is 47.4 Å². The number of benzene rings is 2. The first-order chi connectivity index (χ1) is 13.4. The number of methoxy groups -OCH3 is 1. The second-order valence-corrected chi connectivity index (χ2v) is 9.20. The molecule has 1 saturated carbocycles. The van der Waals surface area contributed by atoms with E-state index >= 15 is 0 Å². The summed E-state index contributed by atoms with van der Waals surface area (Å²) >= 11 is 0. The quantitative estimate of drug-likeness (QED) is 0.832. The van der Waals surface area contributed by atoms with Gasteiger partial charge in [-0.3, -0.25) is 9.52 Å². The normalized spacial score (nSPS) is 19.1. The maximum atomic E-state index is 12.8. The third kappa shape index (κ3) is 3.35. The first kappa shape index (κ1) is 18.8. The number of rotatable bonds is 5. The Balaban J connectivity index is 1.58. The van der Waals surface area contributed by atoms with E-state index < -0.39 is 10.0 Å². The Morgan fingerprint density at radius 3 is 2.46 bits per heavy atom. The molecular formula is C21H24N2O4S. The summed E-state index contributed by atoms with van der Waals surface area (Å²) < 4.78 is 33.3. The number of hydrogen-bond donors (Lipinski definition) is 1. The molecule has 1 N–H and O–H groups in total. The summed E-state index contributed by atoms with van der Waals surface area (Å²) in [6.07, 6.45) is 3.69. The number of amides is 1. The molecule has 0 unspecified atom stereocenters. The summed E-state index contributed by atoms with van der Waals surface area (Å²) in [5, 5.41) is 0. The van der Waals surface area contributed by atoms with Crippen molar-refractivity contribution in [2.45, 2.75) is 43.5 Å². The van der Waals surface area contributed by atoms with Crippen molar-refractivity contribution in [2.75, 3.05) is 16.7 Å². The molecule has 4 rings (SSSR count). The zero-order valence-electron chi connectivity index (χ0n) is 16.0. The Hall–Kier alpha value is -2.54. The Kier molecular flexibility index (Phi) is 4.79. The topological polar surface area (TPSA) is 75.7 Å². The number of anilines is 2. The molecule has 0 spiro atoms. The van der Waals surface area contributed by atoms with Gasteiger partial charge in [0, 0.05) is 23.3 Å². The molecule has 1 atom stereocenters. The van der Waals surface area contributed by atoms with Crippen LogP contribution in [0.5, 0.6) is 5.75 Å². The predicted octanol–water partition coefficient (Wildman–Crippen LogP) is 3.57. The summed E-state index contributed by atoms with van der Waals surface area (Å²) in [6, 6.07) is 11.8. The van der Waals surface area contributed by atoms with Gasteiger partial charge in [-0.25, -0.2) is 8.42 Å². The van der Waals surface area contributed by atoms with Crippen LogP contribution in [0.1, 0.15) is 31.7 Å². The second-order valence-electron chi connectivity index (χ2n) is 7.51. The highest BCUT2D eigenvalue weighted by atomic mass is 32.2. The van der Waals surface area contributed by atoms with Crippen LogP contribution in [-0.2, 0) is 21.2 Å². The SMILES string of the molecule is COc1ccc(NS(=O)(=O)c2ccc3c(c2)C[C@@H](C)N3C(=O)C2CCC2)cc1. The van der Waals surface area contributed by atoms with Crippen LogP contribution in [0, 0.1) is 5.92 Å². The van der Waals surface area contributed by atoms with E-state index in [1.54, 1.807) is 49.6 Å². The molecule has 0 bridgehead atoms. The molecule has 1 aliphatic heterocycles. The highest BCUT2D eigenvalue weighted by molar-refractivity contribution is 7.92. The molecule has 7 heteroatoms. The van der Waals surface area contributed by atoms with Crippen LogP contribution in [0.2, 0.25) is 0 Å². The van der Waals surface area contributed by atoms with E-state index in [0.717, 1.165) is 30.5 Å². The molecular weight excluding hydrogens is 376 g/mol. The Morgan fingerprint density at radius 1 is 1.14 bits per heavy atom. The van der Waals surface area contributed by atoms with Gasteiger partial charge in [-0.15, -0.1) is 0 Å². The van der Waals surface area contributed by atoms with Crippen molar-refractivity contribution >= 4 is 27.3 Å². The lowest BCUT2D eigenvalue weighted by molar-refractivity contribution is -0.125. The smallest absolute Gasteiger partial charge is 0.261 e. The standard InChI is InChI=1S/C21H24N2O4S/c1-14-12-16-13-19(10-11-20(16)23(14)21(24)15-4-3-5-15)28(25,26)22-17-6-8-18(27-2)9-7-17/h6-11,13-15,22H,3-5,12H2,1-2H3/t14-/m1/s1. The van der Waals surface area contributed by atoms with Gasteiger partial charge in [-0.2, -0.15) is 0 Å². The largest absolute Gasteiger partial charge is 0.497 e.